The lowest BCUT2D eigenvalue weighted by molar-refractivity contribution is 0.193. The van der Waals surface area contributed by atoms with Crippen LogP contribution < -0.4 is 10.0 Å². The number of piperidine rings is 1. The van der Waals surface area contributed by atoms with Crippen molar-refractivity contribution in [2.75, 3.05) is 39.1 Å². The molecule has 0 saturated carbocycles. The molecule has 1 saturated heterocycles. The molecule has 18 heavy (non-hydrogen) atoms. The van der Waals surface area contributed by atoms with Crippen molar-refractivity contribution in [3.8, 4) is 0 Å². The van der Waals surface area contributed by atoms with Crippen LogP contribution in [0.1, 0.15) is 32.1 Å². The number of ether oxygens (including phenoxy) is 1. The Hall–Kier alpha value is -0.170. The Labute approximate surface area is 111 Å². The van der Waals surface area contributed by atoms with Crippen LogP contribution in [0, 0.1) is 5.92 Å². The van der Waals surface area contributed by atoms with Crippen LogP contribution in [0.3, 0.4) is 0 Å². The molecule has 2 N–H and O–H groups in total. The summed E-state index contributed by atoms with van der Waals surface area (Å²) in [6, 6.07) is 0. The largest absolute Gasteiger partial charge is 0.385 e. The standard InChI is InChI=1S/C12H26N2O3S/c1-17-10-3-2-7-14-18(15,16)11-6-12-4-8-13-9-5-12/h12-14H,2-11H2,1H3. The molecule has 1 fully saturated rings. The van der Waals surface area contributed by atoms with E-state index in [-0.39, 0.29) is 5.75 Å². The number of rotatable bonds is 9. The summed E-state index contributed by atoms with van der Waals surface area (Å²) < 4.78 is 31.1. The molecule has 1 aliphatic heterocycles. The molecule has 1 rings (SSSR count). The number of methoxy groups -OCH3 is 1. The lowest BCUT2D eigenvalue weighted by atomic mass is 9.96. The molecule has 0 atom stereocenters. The summed E-state index contributed by atoms with van der Waals surface area (Å²) in [6.07, 6.45) is 4.72. The van der Waals surface area contributed by atoms with Crippen LogP contribution >= 0.6 is 0 Å². The third-order valence-corrected chi connectivity index (χ3v) is 4.77. The van der Waals surface area contributed by atoms with Gasteiger partial charge in [-0.2, -0.15) is 0 Å². The minimum Gasteiger partial charge on any atom is -0.385 e. The lowest BCUT2D eigenvalue weighted by Gasteiger charge is -2.22. The van der Waals surface area contributed by atoms with Gasteiger partial charge in [-0.25, -0.2) is 13.1 Å². The van der Waals surface area contributed by atoms with Crippen LogP contribution in [0.25, 0.3) is 0 Å². The summed E-state index contributed by atoms with van der Waals surface area (Å²) in [7, 11) is -1.42. The highest BCUT2D eigenvalue weighted by atomic mass is 32.2. The zero-order chi connectivity index (χ0) is 13.3. The second kappa shape index (κ2) is 8.85. The Bertz CT molecular complexity index is 300. The maximum Gasteiger partial charge on any atom is 0.211 e. The van der Waals surface area contributed by atoms with E-state index in [4.69, 9.17) is 4.74 Å². The smallest absolute Gasteiger partial charge is 0.211 e. The molecule has 1 aliphatic rings. The van der Waals surface area contributed by atoms with Gasteiger partial charge in [0.15, 0.2) is 0 Å². The minimum absolute atomic E-state index is 0.266. The fraction of sp³-hybridized carbons (Fsp3) is 1.00. The second-order valence-electron chi connectivity index (χ2n) is 4.90. The van der Waals surface area contributed by atoms with Crippen molar-refractivity contribution >= 4 is 10.0 Å². The molecular formula is C12H26N2O3S. The van der Waals surface area contributed by atoms with E-state index in [0.717, 1.165) is 45.2 Å². The van der Waals surface area contributed by atoms with Gasteiger partial charge in [0.25, 0.3) is 0 Å². The van der Waals surface area contributed by atoms with Gasteiger partial charge in [-0.15, -0.1) is 0 Å². The molecule has 0 aromatic rings. The maximum absolute atomic E-state index is 11.7. The van der Waals surface area contributed by atoms with Crippen molar-refractivity contribution in [3.63, 3.8) is 0 Å². The van der Waals surface area contributed by atoms with Gasteiger partial charge < -0.3 is 10.1 Å². The highest BCUT2D eigenvalue weighted by molar-refractivity contribution is 7.89. The van der Waals surface area contributed by atoms with Gasteiger partial charge >= 0.3 is 0 Å². The van der Waals surface area contributed by atoms with E-state index >= 15 is 0 Å². The van der Waals surface area contributed by atoms with E-state index in [2.05, 4.69) is 10.0 Å². The van der Waals surface area contributed by atoms with Crippen molar-refractivity contribution in [1.29, 1.82) is 0 Å². The molecule has 0 spiro atoms. The fourth-order valence-electron chi connectivity index (χ4n) is 2.16. The van der Waals surface area contributed by atoms with Crippen LogP contribution in [-0.4, -0.2) is 47.5 Å². The highest BCUT2D eigenvalue weighted by Gasteiger charge is 2.17. The Morgan fingerprint density at radius 2 is 2.00 bits per heavy atom. The Kier molecular flexibility index (Phi) is 7.81. The lowest BCUT2D eigenvalue weighted by Crippen LogP contribution is -2.31. The second-order valence-corrected chi connectivity index (χ2v) is 6.82. The van der Waals surface area contributed by atoms with Gasteiger partial charge in [0.2, 0.25) is 10.0 Å². The number of sulfonamides is 1. The topological polar surface area (TPSA) is 67.4 Å². The summed E-state index contributed by atoms with van der Waals surface area (Å²) in [5, 5.41) is 3.29. The summed E-state index contributed by atoms with van der Waals surface area (Å²) in [5.74, 6) is 0.832. The summed E-state index contributed by atoms with van der Waals surface area (Å²) in [5.41, 5.74) is 0. The zero-order valence-corrected chi connectivity index (χ0v) is 12.1. The van der Waals surface area contributed by atoms with E-state index in [1.165, 1.54) is 0 Å². The molecule has 0 unspecified atom stereocenters. The van der Waals surface area contributed by atoms with Crippen LogP contribution in [0.4, 0.5) is 0 Å². The molecular weight excluding hydrogens is 252 g/mol. The number of hydrogen-bond acceptors (Lipinski definition) is 4. The van der Waals surface area contributed by atoms with Crippen LogP contribution in [-0.2, 0) is 14.8 Å². The molecule has 0 aliphatic carbocycles. The summed E-state index contributed by atoms with van der Waals surface area (Å²) in [4.78, 5) is 0. The summed E-state index contributed by atoms with van der Waals surface area (Å²) in [6.45, 7) is 3.26. The van der Waals surface area contributed by atoms with E-state index in [0.29, 0.717) is 19.1 Å². The maximum atomic E-state index is 11.7. The molecule has 1 heterocycles. The molecule has 0 amide bonds. The predicted octanol–water partition coefficient (Wildman–Crippen LogP) is 0.722. The Balaban J connectivity index is 2.10. The molecule has 0 radical (unpaired) electrons. The molecule has 0 bridgehead atoms. The average Bonchev–Trinajstić information content (AvgIpc) is 2.38. The molecule has 5 nitrogen and oxygen atoms in total. The third-order valence-electron chi connectivity index (χ3n) is 3.35. The zero-order valence-electron chi connectivity index (χ0n) is 11.3. The number of unbranched alkanes of at least 4 members (excludes halogenated alkanes) is 1. The van der Waals surface area contributed by atoms with E-state index < -0.39 is 10.0 Å². The van der Waals surface area contributed by atoms with Gasteiger partial charge in [0.05, 0.1) is 5.75 Å². The van der Waals surface area contributed by atoms with Crippen molar-refractivity contribution < 1.29 is 13.2 Å². The van der Waals surface area contributed by atoms with Gasteiger partial charge in [0, 0.05) is 20.3 Å². The third kappa shape index (κ3) is 7.31. The average molecular weight is 278 g/mol. The van der Waals surface area contributed by atoms with Gasteiger partial charge in [-0.05, 0) is 51.1 Å². The highest BCUT2D eigenvalue weighted by Crippen LogP contribution is 2.16. The number of nitrogens with one attached hydrogen (secondary N) is 2. The summed E-state index contributed by atoms with van der Waals surface area (Å²) >= 11 is 0. The number of hydrogen-bond donors (Lipinski definition) is 2. The van der Waals surface area contributed by atoms with Gasteiger partial charge in [-0.3, -0.25) is 0 Å². The van der Waals surface area contributed by atoms with Crippen LogP contribution in [0.2, 0.25) is 0 Å². The van der Waals surface area contributed by atoms with Crippen LogP contribution in [0.5, 0.6) is 0 Å². The minimum atomic E-state index is -3.08. The van der Waals surface area contributed by atoms with E-state index in [9.17, 15) is 8.42 Å². The normalized spacial score (nSPS) is 18.1. The quantitative estimate of drug-likeness (QED) is 0.610. The molecule has 0 aromatic heterocycles. The first-order valence-electron chi connectivity index (χ1n) is 6.81. The van der Waals surface area contributed by atoms with Crippen LogP contribution in [0.15, 0.2) is 0 Å². The Morgan fingerprint density at radius 1 is 1.28 bits per heavy atom. The van der Waals surface area contributed by atoms with Gasteiger partial charge in [0.1, 0.15) is 0 Å². The van der Waals surface area contributed by atoms with Crippen molar-refractivity contribution in [1.82, 2.24) is 10.0 Å². The van der Waals surface area contributed by atoms with Crippen molar-refractivity contribution in [2.24, 2.45) is 5.92 Å². The molecule has 6 heteroatoms. The first-order chi connectivity index (χ1) is 8.64. The first kappa shape index (κ1) is 15.9. The monoisotopic (exact) mass is 278 g/mol. The molecule has 0 aromatic carbocycles. The van der Waals surface area contributed by atoms with Gasteiger partial charge in [-0.1, -0.05) is 0 Å². The van der Waals surface area contributed by atoms with Crippen molar-refractivity contribution in [3.05, 3.63) is 0 Å². The fourth-order valence-corrected chi connectivity index (χ4v) is 3.41. The Morgan fingerprint density at radius 3 is 2.67 bits per heavy atom. The van der Waals surface area contributed by atoms with Crippen molar-refractivity contribution in [2.45, 2.75) is 32.1 Å². The van der Waals surface area contributed by atoms with E-state index in [1.807, 2.05) is 0 Å². The van der Waals surface area contributed by atoms with E-state index in [1.54, 1.807) is 7.11 Å². The predicted molar refractivity (Wildman–Crippen MR) is 73.1 cm³/mol. The first-order valence-corrected chi connectivity index (χ1v) is 8.46. The SMILES string of the molecule is COCCCCNS(=O)(=O)CCC1CCNCC1. The molecule has 108 valence electrons.